The summed E-state index contributed by atoms with van der Waals surface area (Å²) in [5.74, 6) is 1.90. The quantitative estimate of drug-likeness (QED) is 0.809. The molecule has 0 aliphatic carbocycles. The molecule has 1 aromatic heterocycles. The molecule has 0 saturated heterocycles. The average molecular weight is 287 g/mol. The van der Waals surface area contributed by atoms with Gasteiger partial charge in [0.2, 0.25) is 5.75 Å². The van der Waals surface area contributed by atoms with Gasteiger partial charge in [-0.25, -0.2) is 0 Å². The van der Waals surface area contributed by atoms with Crippen LogP contribution < -0.4 is 14.2 Å². The van der Waals surface area contributed by atoms with Gasteiger partial charge in [0.25, 0.3) is 0 Å². The molecule has 0 aliphatic rings. The van der Waals surface area contributed by atoms with Gasteiger partial charge in [0, 0.05) is 24.0 Å². The topological polar surface area (TPSA) is 32.6 Å². The van der Waals surface area contributed by atoms with Crippen molar-refractivity contribution < 1.29 is 14.2 Å². The van der Waals surface area contributed by atoms with Gasteiger partial charge in [0.1, 0.15) is 0 Å². The van der Waals surface area contributed by atoms with E-state index in [1.807, 2.05) is 18.2 Å². The number of nitrogens with zero attached hydrogens (tertiary/aromatic N) is 1. The highest BCUT2D eigenvalue weighted by Gasteiger charge is 2.15. The molecule has 21 heavy (non-hydrogen) atoms. The molecule has 4 nitrogen and oxygen atoms in total. The average Bonchev–Trinajstić information content (AvgIpc) is 2.96. The molecule has 0 atom stereocenters. The molecule has 4 heteroatoms. The first-order chi connectivity index (χ1) is 10.2. The Labute approximate surface area is 125 Å². The van der Waals surface area contributed by atoms with E-state index < -0.39 is 0 Å². The second-order valence-corrected chi connectivity index (χ2v) is 4.56. The third-order valence-electron chi connectivity index (χ3n) is 3.48. The first-order valence-corrected chi connectivity index (χ1v) is 6.81. The molecule has 2 aromatic rings. The Morgan fingerprint density at radius 1 is 1.00 bits per heavy atom. The van der Waals surface area contributed by atoms with E-state index in [9.17, 15) is 0 Å². The lowest BCUT2D eigenvalue weighted by Crippen LogP contribution is -1.95. The lowest BCUT2D eigenvalue weighted by atomic mass is 10.1. The van der Waals surface area contributed by atoms with Crippen molar-refractivity contribution in [2.24, 2.45) is 0 Å². The van der Waals surface area contributed by atoms with Crippen molar-refractivity contribution in [1.29, 1.82) is 0 Å². The molecular formula is C17H21NO3. The van der Waals surface area contributed by atoms with Crippen LogP contribution in [-0.4, -0.2) is 25.9 Å². The lowest BCUT2D eigenvalue weighted by Gasteiger charge is -2.13. The second kappa shape index (κ2) is 6.39. The summed E-state index contributed by atoms with van der Waals surface area (Å²) in [5, 5.41) is 0. The fourth-order valence-corrected chi connectivity index (χ4v) is 2.38. The summed E-state index contributed by atoms with van der Waals surface area (Å²) in [4.78, 5) is 0. The molecule has 1 aromatic carbocycles. The molecule has 0 aliphatic heterocycles. The number of methoxy groups -OCH3 is 3. The zero-order valence-corrected chi connectivity index (χ0v) is 13.0. The van der Waals surface area contributed by atoms with E-state index >= 15 is 0 Å². The van der Waals surface area contributed by atoms with Crippen LogP contribution in [0.25, 0.3) is 17.2 Å². The summed E-state index contributed by atoms with van der Waals surface area (Å²) >= 11 is 0. The van der Waals surface area contributed by atoms with Crippen LogP contribution in [0.1, 0.15) is 12.6 Å². The van der Waals surface area contributed by atoms with Crippen molar-refractivity contribution in [3.05, 3.63) is 36.7 Å². The predicted octanol–water partition coefficient (Wildman–Crippen LogP) is 3.84. The van der Waals surface area contributed by atoms with E-state index in [4.69, 9.17) is 14.2 Å². The summed E-state index contributed by atoms with van der Waals surface area (Å²) in [6.07, 6.45) is 3.95. The van der Waals surface area contributed by atoms with Gasteiger partial charge in [-0.3, -0.25) is 0 Å². The number of rotatable bonds is 6. The number of aryl methyl sites for hydroxylation is 1. The van der Waals surface area contributed by atoms with E-state index in [2.05, 4.69) is 30.3 Å². The normalized spacial score (nSPS) is 10.3. The molecular weight excluding hydrogens is 266 g/mol. The zero-order valence-electron chi connectivity index (χ0n) is 13.0. The third kappa shape index (κ3) is 2.75. The maximum atomic E-state index is 5.40. The number of hydrogen-bond acceptors (Lipinski definition) is 3. The largest absolute Gasteiger partial charge is 0.493 e. The minimum Gasteiger partial charge on any atom is -0.493 e. The van der Waals surface area contributed by atoms with Crippen LogP contribution in [0.3, 0.4) is 0 Å². The van der Waals surface area contributed by atoms with Crippen LogP contribution in [0, 0.1) is 0 Å². The van der Waals surface area contributed by atoms with E-state index in [1.165, 1.54) is 0 Å². The molecule has 0 saturated carbocycles. The molecule has 0 bridgehead atoms. The van der Waals surface area contributed by atoms with E-state index in [-0.39, 0.29) is 0 Å². The molecule has 0 unspecified atom stereocenters. The number of hydrogen-bond donors (Lipinski definition) is 0. The predicted molar refractivity (Wildman–Crippen MR) is 85.3 cm³/mol. The first kappa shape index (κ1) is 15.0. The Hall–Kier alpha value is -2.36. The Balaban J connectivity index is 2.58. The Bertz CT molecular complexity index is 618. The molecule has 0 fully saturated rings. The van der Waals surface area contributed by atoms with Gasteiger partial charge in [-0.1, -0.05) is 6.58 Å². The van der Waals surface area contributed by atoms with Crippen LogP contribution in [0.5, 0.6) is 17.2 Å². The van der Waals surface area contributed by atoms with Crippen LogP contribution >= 0.6 is 0 Å². The Morgan fingerprint density at radius 2 is 1.62 bits per heavy atom. The molecule has 0 amide bonds. The number of ether oxygens (including phenoxy) is 3. The van der Waals surface area contributed by atoms with Crippen molar-refractivity contribution in [3.63, 3.8) is 0 Å². The van der Waals surface area contributed by atoms with Gasteiger partial charge < -0.3 is 18.8 Å². The zero-order chi connectivity index (χ0) is 15.4. The van der Waals surface area contributed by atoms with Gasteiger partial charge in [0.15, 0.2) is 11.5 Å². The minimum absolute atomic E-state index is 0.600. The highest BCUT2D eigenvalue weighted by molar-refractivity contribution is 5.72. The fourth-order valence-electron chi connectivity index (χ4n) is 2.38. The first-order valence-electron chi connectivity index (χ1n) is 6.81. The minimum atomic E-state index is 0.600. The smallest absolute Gasteiger partial charge is 0.203 e. The summed E-state index contributed by atoms with van der Waals surface area (Å²) in [7, 11) is 4.84. The van der Waals surface area contributed by atoms with Crippen molar-refractivity contribution in [3.8, 4) is 28.4 Å². The molecule has 112 valence electrons. The van der Waals surface area contributed by atoms with Crippen molar-refractivity contribution >= 4 is 6.08 Å². The maximum Gasteiger partial charge on any atom is 0.203 e. The van der Waals surface area contributed by atoms with Crippen LogP contribution in [-0.2, 0) is 6.54 Å². The maximum absolute atomic E-state index is 5.40. The van der Waals surface area contributed by atoms with Crippen LogP contribution in [0.4, 0.5) is 0 Å². The summed E-state index contributed by atoms with van der Waals surface area (Å²) in [6, 6.07) is 5.99. The highest BCUT2D eigenvalue weighted by atomic mass is 16.5. The van der Waals surface area contributed by atoms with E-state index in [1.54, 1.807) is 21.3 Å². The summed E-state index contributed by atoms with van der Waals surface area (Å²) < 4.78 is 18.3. The van der Waals surface area contributed by atoms with Crippen LogP contribution in [0.2, 0.25) is 0 Å². The molecule has 0 spiro atoms. The molecule has 0 N–H and O–H groups in total. The monoisotopic (exact) mass is 287 g/mol. The Morgan fingerprint density at radius 3 is 2.00 bits per heavy atom. The van der Waals surface area contributed by atoms with Crippen molar-refractivity contribution in [2.75, 3.05) is 21.3 Å². The summed E-state index contributed by atoms with van der Waals surface area (Å²) in [5.41, 5.74) is 3.19. The van der Waals surface area contributed by atoms with Gasteiger partial charge in [-0.05, 0) is 36.8 Å². The standard InChI is InChI=1S/C17H21NO3/c1-6-14-8-13(11-18(14)7-2)12-9-15(19-3)17(21-5)16(10-12)20-4/h6,8-11H,1,7H2,2-5H3. The molecule has 2 rings (SSSR count). The highest BCUT2D eigenvalue weighted by Crippen LogP contribution is 2.41. The summed E-state index contributed by atoms with van der Waals surface area (Å²) in [6.45, 7) is 6.85. The van der Waals surface area contributed by atoms with Gasteiger partial charge >= 0.3 is 0 Å². The van der Waals surface area contributed by atoms with Crippen LogP contribution in [0.15, 0.2) is 31.0 Å². The van der Waals surface area contributed by atoms with Crippen molar-refractivity contribution in [2.45, 2.75) is 13.5 Å². The van der Waals surface area contributed by atoms with E-state index in [0.29, 0.717) is 17.2 Å². The van der Waals surface area contributed by atoms with Gasteiger partial charge in [-0.2, -0.15) is 0 Å². The SMILES string of the molecule is C=Cc1cc(-c2cc(OC)c(OC)c(OC)c2)cn1CC. The van der Waals surface area contributed by atoms with Gasteiger partial charge in [0.05, 0.1) is 21.3 Å². The number of benzene rings is 1. The number of aromatic nitrogens is 1. The molecule has 1 heterocycles. The second-order valence-electron chi connectivity index (χ2n) is 4.56. The van der Waals surface area contributed by atoms with Crippen molar-refractivity contribution in [1.82, 2.24) is 4.57 Å². The third-order valence-corrected chi connectivity index (χ3v) is 3.48. The Kier molecular flexibility index (Phi) is 4.58. The fraction of sp³-hybridized carbons (Fsp3) is 0.294. The van der Waals surface area contributed by atoms with E-state index in [0.717, 1.165) is 23.4 Å². The van der Waals surface area contributed by atoms with Gasteiger partial charge in [-0.15, -0.1) is 0 Å². The lowest BCUT2D eigenvalue weighted by molar-refractivity contribution is 0.324. The molecule has 0 radical (unpaired) electrons.